The first-order chi connectivity index (χ1) is 6.96. The number of nitrogens with one attached hydrogen (secondary N) is 1. The first-order valence-electron chi connectivity index (χ1n) is 4.89. The summed E-state index contributed by atoms with van der Waals surface area (Å²) in [6.45, 7) is 7.08. The number of hydrogen-bond acceptors (Lipinski definition) is 4. The Bertz CT molecular complexity index is 341. The summed E-state index contributed by atoms with van der Waals surface area (Å²) < 4.78 is 0. The Hall–Kier alpha value is -0.940. The van der Waals surface area contributed by atoms with Crippen LogP contribution in [0.1, 0.15) is 36.1 Å². The highest BCUT2D eigenvalue weighted by Crippen LogP contribution is 2.26. The molecule has 5 heteroatoms. The van der Waals surface area contributed by atoms with Gasteiger partial charge in [0.15, 0.2) is 0 Å². The van der Waals surface area contributed by atoms with Crippen molar-refractivity contribution in [2.24, 2.45) is 5.73 Å². The Morgan fingerprint density at radius 3 is 2.80 bits per heavy atom. The van der Waals surface area contributed by atoms with Gasteiger partial charge in [-0.1, -0.05) is 20.8 Å². The summed E-state index contributed by atoms with van der Waals surface area (Å²) >= 11 is 1.37. The van der Waals surface area contributed by atoms with E-state index < -0.39 is 0 Å². The van der Waals surface area contributed by atoms with Gasteiger partial charge < -0.3 is 11.1 Å². The second-order valence-electron chi connectivity index (χ2n) is 4.32. The molecule has 15 heavy (non-hydrogen) atoms. The van der Waals surface area contributed by atoms with Crippen LogP contribution in [0.3, 0.4) is 0 Å². The molecule has 0 fully saturated rings. The highest BCUT2D eigenvalue weighted by Gasteiger charge is 2.24. The molecular weight excluding hydrogens is 210 g/mol. The van der Waals surface area contributed by atoms with Crippen LogP contribution < -0.4 is 11.1 Å². The van der Waals surface area contributed by atoms with Gasteiger partial charge in [-0.15, -0.1) is 11.3 Å². The number of nitrogens with zero attached hydrogens (tertiary/aromatic N) is 1. The smallest absolute Gasteiger partial charge is 0.263 e. The predicted octanol–water partition coefficient (Wildman–Crippen LogP) is 1.13. The molecule has 1 rings (SSSR count). The summed E-state index contributed by atoms with van der Waals surface area (Å²) in [5, 5.41) is 2.75. The minimum atomic E-state index is -0.102. The van der Waals surface area contributed by atoms with Gasteiger partial charge in [-0.05, 0) is 0 Å². The van der Waals surface area contributed by atoms with Crippen LogP contribution in [0.25, 0.3) is 0 Å². The number of hydrogen-bond donors (Lipinski definition) is 2. The van der Waals surface area contributed by atoms with E-state index in [1.54, 1.807) is 5.51 Å². The lowest BCUT2D eigenvalue weighted by atomic mass is 9.91. The first kappa shape index (κ1) is 12.1. The van der Waals surface area contributed by atoms with Gasteiger partial charge in [0.25, 0.3) is 5.91 Å². The van der Waals surface area contributed by atoms with E-state index in [4.69, 9.17) is 5.73 Å². The standard InChI is InChI=1S/C10H17N3OS/c1-10(2,3)8-7(15-6-13-8)9(14)12-5-4-11/h6H,4-5,11H2,1-3H3,(H,12,14). The molecule has 4 nitrogen and oxygen atoms in total. The maximum absolute atomic E-state index is 11.7. The lowest BCUT2D eigenvalue weighted by molar-refractivity contribution is 0.0956. The van der Waals surface area contributed by atoms with Crippen molar-refractivity contribution in [2.45, 2.75) is 26.2 Å². The number of aromatic nitrogens is 1. The minimum absolute atomic E-state index is 0.0760. The van der Waals surface area contributed by atoms with E-state index in [9.17, 15) is 4.79 Å². The number of amides is 1. The first-order valence-corrected chi connectivity index (χ1v) is 5.77. The third-order valence-electron chi connectivity index (χ3n) is 1.91. The molecule has 3 N–H and O–H groups in total. The van der Waals surface area contributed by atoms with Crippen molar-refractivity contribution in [1.82, 2.24) is 10.3 Å². The van der Waals surface area contributed by atoms with Crippen LogP contribution in [0.15, 0.2) is 5.51 Å². The van der Waals surface area contributed by atoms with Crippen molar-refractivity contribution in [2.75, 3.05) is 13.1 Å². The molecule has 0 atom stereocenters. The maximum atomic E-state index is 11.7. The third kappa shape index (κ3) is 3.00. The fraction of sp³-hybridized carbons (Fsp3) is 0.600. The van der Waals surface area contributed by atoms with Gasteiger partial charge in [0.2, 0.25) is 0 Å². The molecule has 0 saturated carbocycles. The molecule has 0 aliphatic carbocycles. The average Bonchev–Trinajstić information content (AvgIpc) is 2.61. The topological polar surface area (TPSA) is 68.0 Å². The van der Waals surface area contributed by atoms with Crippen LogP contribution in [0.5, 0.6) is 0 Å². The van der Waals surface area contributed by atoms with Gasteiger partial charge in [-0.2, -0.15) is 0 Å². The van der Waals surface area contributed by atoms with Crippen molar-refractivity contribution in [1.29, 1.82) is 0 Å². The van der Waals surface area contributed by atoms with E-state index in [1.165, 1.54) is 11.3 Å². The van der Waals surface area contributed by atoms with Crippen molar-refractivity contribution in [3.05, 3.63) is 16.1 Å². The highest BCUT2D eigenvalue weighted by molar-refractivity contribution is 7.11. The van der Waals surface area contributed by atoms with E-state index in [0.717, 1.165) is 5.69 Å². The summed E-state index contributed by atoms with van der Waals surface area (Å²) in [5.41, 5.74) is 7.78. The Labute approximate surface area is 93.9 Å². The molecule has 1 aromatic rings. The lowest BCUT2D eigenvalue weighted by Crippen LogP contribution is -2.30. The summed E-state index contributed by atoms with van der Waals surface area (Å²) in [7, 11) is 0. The molecule has 0 aromatic carbocycles. The van der Waals surface area contributed by atoms with Crippen molar-refractivity contribution in [3.63, 3.8) is 0 Å². The number of carbonyl (C=O) groups excluding carboxylic acids is 1. The molecule has 1 amide bonds. The Kier molecular flexibility index (Phi) is 3.82. The molecule has 0 unspecified atom stereocenters. The van der Waals surface area contributed by atoms with E-state index in [-0.39, 0.29) is 11.3 Å². The van der Waals surface area contributed by atoms with Gasteiger partial charge in [0.1, 0.15) is 4.88 Å². The second kappa shape index (κ2) is 4.72. The zero-order valence-corrected chi connectivity index (χ0v) is 10.1. The average molecular weight is 227 g/mol. The number of carbonyl (C=O) groups is 1. The van der Waals surface area contributed by atoms with Crippen LogP contribution in [0.4, 0.5) is 0 Å². The Balaban J connectivity index is 2.86. The second-order valence-corrected chi connectivity index (χ2v) is 5.18. The largest absolute Gasteiger partial charge is 0.350 e. The van der Waals surface area contributed by atoms with Gasteiger partial charge >= 0.3 is 0 Å². The molecular formula is C10H17N3OS. The molecule has 0 spiro atoms. The normalized spacial score (nSPS) is 11.5. The molecule has 0 radical (unpaired) electrons. The lowest BCUT2D eigenvalue weighted by Gasteiger charge is -2.17. The zero-order valence-electron chi connectivity index (χ0n) is 9.33. The zero-order chi connectivity index (χ0) is 11.5. The maximum Gasteiger partial charge on any atom is 0.263 e. The monoisotopic (exact) mass is 227 g/mol. The molecule has 0 aliphatic rings. The quantitative estimate of drug-likeness (QED) is 0.813. The number of nitrogens with two attached hydrogens (primary N) is 1. The molecule has 0 aliphatic heterocycles. The number of thiazole rings is 1. The van der Waals surface area contributed by atoms with Crippen LogP contribution in [0.2, 0.25) is 0 Å². The van der Waals surface area contributed by atoms with Crippen LogP contribution in [0, 0.1) is 0 Å². The fourth-order valence-corrected chi connectivity index (χ4v) is 2.12. The van der Waals surface area contributed by atoms with Crippen molar-refractivity contribution in [3.8, 4) is 0 Å². The molecule has 84 valence electrons. The van der Waals surface area contributed by atoms with Gasteiger partial charge in [-0.25, -0.2) is 4.98 Å². The summed E-state index contributed by atoms with van der Waals surface area (Å²) in [6, 6.07) is 0. The van der Waals surface area contributed by atoms with Gasteiger partial charge in [0.05, 0.1) is 11.2 Å². The van der Waals surface area contributed by atoms with Crippen LogP contribution in [-0.4, -0.2) is 24.0 Å². The van der Waals surface area contributed by atoms with Crippen molar-refractivity contribution < 1.29 is 4.79 Å². The van der Waals surface area contributed by atoms with Crippen LogP contribution in [-0.2, 0) is 5.41 Å². The highest BCUT2D eigenvalue weighted by atomic mass is 32.1. The molecule has 0 saturated heterocycles. The Morgan fingerprint density at radius 2 is 2.27 bits per heavy atom. The summed E-state index contributed by atoms with van der Waals surface area (Å²) in [4.78, 5) is 16.7. The SMILES string of the molecule is CC(C)(C)c1ncsc1C(=O)NCCN. The summed E-state index contributed by atoms with van der Waals surface area (Å²) in [6.07, 6.45) is 0. The fourth-order valence-electron chi connectivity index (χ4n) is 1.21. The van der Waals surface area contributed by atoms with E-state index >= 15 is 0 Å². The minimum Gasteiger partial charge on any atom is -0.350 e. The van der Waals surface area contributed by atoms with Crippen molar-refractivity contribution >= 4 is 17.2 Å². The molecule has 0 bridgehead atoms. The van der Waals surface area contributed by atoms with E-state index in [1.807, 2.05) is 20.8 Å². The van der Waals surface area contributed by atoms with E-state index in [2.05, 4.69) is 10.3 Å². The number of rotatable bonds is 3. The Morgan fingerprint density at radius 1 is 1.60 bits per heavy atom. The molecule has 1 aromatic heterocycles. The summed E-state index contributed by atoms with van der Waals surface area (Å²) in [5.74, 6) is -0.0760. The molecule has 1 heterocycles. The van der Waals surface area contributed by atoms with Gasteiger partial charge in [-0.3, -0.25) is 4.79 Å². The van der Waals surface area contributed by atoms with Crippen LogP contribution >= 0.6 is 11.3 Å². The predicted molar refractivity (Wildman–Crippen MR) is 62.2 cm³/mol. The third-order valence-corrected chi connectivity index (χ3v) is 2.74. The van der Waals surface area contributed by atoms with Gasteiger partial charge in [0, 0.05) is 18.5 Å². The van der Waals surface area contributed by atoms with E-state index in [0.29, 0.717) is 18.0 Å².